The molecule has 0 unspecified atom stereocenters. The molecule has 0 aliphatic carbocycles. The van der Waals surface area contributed by atoms with Crippen molar-refractivity contribution in [3.05, 3.63) is 52.9 Å². The largest absolute Gasteiger partial charge is 0.469 e. The Morgan fingerprint density at radius 1 is 1.33 bits per heavy atom. The van der Waals surface area contributed by atoms with Gasteiger partial charge in [-0.3, -0.25) is 4.79 Å². The van der Waals surface area contributed by atoms with E-state index in [1.807, 2.05) is 18.2 Å². The lowest BCUT2D eigenvalue weighted by atomic mass is 9.99. The van der Waals surface area contributed by atoms with Gasteiger partial charge in [-0.25, -0.2) is 9.78 Å². The van der Waals surface area contributed by atoms with Crippen LogP contribution in [0.5, 0.6) is 0 Å². The van der Waals surface area contributed by atoms with Gasteiger partial charge < -0.3 is 14.1 Å². The van der Waals surface area contributed by atoms with E-state index >= 15 is 0 Å². The van der Waals surface area contributed by atoms with Gasteiger partial charge >= 0.3 is 5.97 Å². The van der Waals surface area contributed by atoms with E-state index in [1.54, 1.807) is 29.2 Å². The Kier molecular flexibility index (Phi) is 4.94. The van der Waals surface area contributed by atoms with Gasteiger partial charge in [0.05, 0.1) is 21.5 Å². The highest BCUT2D eigenvalue weighted by Crippen LogP contribution is 2.32. The maximum absolute atomic E-state index is 12.5. The Balaban J connectivity index is 1.38. The van der Waals surface area contributed by atoms with Crippen LogP contribution >= 0.6 is 11.3 Å². The second kappa shape index (κ2) is 7.52. The van der Waals surface area contributed by atoms with Crippen molar-refractivity contribution in [2.75, 3.05) is 19.7 Å². The molecule has 2 aromatic heterocycles. The molecule has 0 N–H and O–H groups in total. The number of likely N-dealkylation sites (tertiary alicyclic amines) is 1. The van der Waals surface area contributed by atoms with Crippen LogP contribution in [0.25, 0.3) is 10.2 Å². The van der Waals surface area contributed by atoms with E-state index < -0.39 is 5.97 Å². The Hall–Kier alpha value is -2.67. The minimum absolute atomic E-state index is 0.171. The van der Waals surface area contributed by atoms with Gasteiger partial charge in [0.25, 0.3) is 5.91 Å². The number of amides is 1. The molecule has 1 amide bonds. The molecule has 1 aliphatic heterocycles. The van der Waals surface area contributed by atoms with Crippen LogP contribution in [0, 0.1) is 6.92 Å². The van der Waals surface area contributed by atoms with Crippen molar-refractivity contribution in [1.29, 1.82) is 0 Å². The smallest absolute Gasteiger partial charge is 0.342 e. The zero-order valence-electron chi connectivity index (χ0n) is 15.0. The van der Waals surface area contributed by atoms with Gasteiger partial charge in [-0.2, -0.15) is 0 Å². The third kappa shape index (κ3) is 3.73. The molecule has 1 aliphatic rings. The molecular weight excluding hydrogens is 364 g/mol. The molecule has 6 nitrogen and oxygen atoms in total. The first-order valence-corrected chi connectivity index (χ1v) is 9.78. The fourth-order valence-corrected chi connectivity index (χ4v) is 4.46. The third-order valence-electron chi connectivity index (χ3n) is 4.84. The number of carbonyl (C=O) groups excluding carboxylic acids is 2. The first-order valence-electron chi connectivity index (χ1n) is 8.96. The quantitative estimate of drug-likeness (QED) is 0.641. The van der Waals surface area contributed by atoms with E-state index in [0.717, 1.165) is 23.4 Å². The predicted octanol–water partition coefficient (Wildman–Crippen LogP) is 3.76. The average Bonchev–Trinajstić information content (AvgIpc) is 3.32. The molecule has 0 bridgehead atoms. The zero-order chi connectivity index (χ0) is 18.8. The summed E-state index contributed by atoms with van der Waals surface area (Å²) < 4.78 is 11.4. The number of piperidine rings is 1. The highest BCUT2D eigenvalue weighted by molar-refractivity contribution is 7.18. The van der Waals surface area contributed by atoms with Crippen LogP contribution in [-0.4, -0.2) is 41.5 Å². The van der Waals surface area contributed by atoms with Crippen molar-refractivity contribution in [1.82, 2.24) is 9.88 Å². The van der Waals surface area contributed by atoms with E-state index in [9.17, 15) is 9.59 Å². The summed E-state index contributed by atoms with van der Waals surface area (Å²) in [5, 5.41) is 1.07. The lowest BCUT2D eigenvalue weighted by molar-refractivity contribution is -0.135. The second-order valence-corrected chi connectivity index (χ2v) is 7.73. The van der Waals surface area contributed by atoms with Crippen molar-refractivity contribution >= 4 is 33.4 Å². The summed E-state index contributed by atoms with van der Waals surface area (Å²) in [6.45, 7) is 2.73. The highest BCUT2D eigenvalue weighted by atomic mass is 32.1. The number of ether oxygens (including phenoxy) is 1. The van der Waals surface area contributed by atoms with Crippen molar-refractivity contribution in [3.63, 3.8) is 0 Å². The lowest BCUT2D eigenvalue weighted by Crippen LogP contribution is -2.41. The Labute approximate surface area is 160 Å². The molecular formula is C20H20N2O4S. The number of aromatic nitrogens is 1. The summed E-state index contributed by atoms with van der Waals surface area (Å²) in [6.07, 6.45) is 3.36. The van der Waals surface area contributed by atoms with Crippen molar-refractivity contribution in [3.8, 4) is 0 Å². The molecule has 1 atom stereocenters. The van der Waals surface area contributed by atoms with Crippen LogP contribution in [0.1, 0.15) is 39.9 Å². The number of rotatable bonds is 4. The molecule has 27 heavy (non-hydrogen) atoms. The number of hydrogen-bond acceptors (Lipinski definition) is 6. The Morgan fingerprint density at radius 3 is 2.96 bits per heavy atom. The predicted molar refractivity (Wildman–Crippen MR) is 102 cm³/mol. The number of benzene rings is 1. The number of furan rings is 1. The fourth-order valence-electron chi connectivity index (χ4n) is 3.36. The molecule has 3 aromatic rings. The van der Waals surface area contributed by atoms with Crippen LogP contribution < -0.4 is 0 Å². The van der Waals surface area contributed by atoms with Gasteiger partial charge in [-0.1, -0.05) is 12.1 Å². The normalized spacial score (nSPS) is 17.2. The van der Waals surface area contributed by atoms with E-state index in [4.69, 9.17) is 14.1 Å². The molecule has 0 spiro atoms. The van der Waals surface area contributed by atoms with Gasteiger partial charge in [0, 0.05) is 19.0 Å². The standard InChI is InChI=1S/C20H20N2O4S/c1-13-15(8-10-25-13)20(24)26-12-18(23)22-9-4-5-14(11-22)19-21-16-6-2-3-7-17(16)27-19/h2-3,6-8,10,14H,4-5,9,11-12H2,1H3/t14-/m1/s1. The van der Waals surface area contributed by atoms with E-state index in [-0.39, 0.29) is 18.4 Å². The van der Waals surface area contributed by atoms with E-state index in [0.29, 0.717) is 24.4 Å². The molecule has 1 fully saturated rings. The van der Waals surface area contributed by atoms with Crippen molar-refractivity contribution in [2.24, 2.45) is 0 Å². The maximum atomic E-state index is 12.5. The molecule has 3 heterocycles. The first kappa shape index (κ1) is 17.7. The lowest BCUT2D eigenvalue weighted by Gasteiger charge is -2.31. The second-order valence-electron chi connectivity index (χ2n) is 6.67. The van der Waals surface area contributed by atoms with Crippen molar-refractivity contribution in [2.45, 2.75) is 25.7 Å². The fraction of sp³-hybridized carbons (Fsp3) is 0.350. The monoisotopic (exact) mass is 384 g/mol. The number of thiazole rings is 1. The van der Waals surface area contributed by atoms with Crippen LogP contribution in [-0.2, 0) is 9.53 Å². The van der Waals surface area contributed by atoms with Crippen molar-refractivity contribution < 1.29 is 18.7 Å². The summed E-state index contributed by atoms with van der Waals surface area (Å²) in [6, 6.07) is 9.62. The number of para-hydroxylation sites is 1. The number of hydrogen-bond donors (Lipinski definition) is 0. The summed E-state index contributed by atoms with van der Waals surface area (Å²) in [4.78, 5) is 31.1. The summed E-state index contributed by atoms with van der Waals surface area (Å²) in [7, 11) is 0. The number of nitrogens with zero attached hydrogens (tertiary/aromatic N) is 2. The van der Waals surface area contributed by atoms with Crippen LogP contribution in [0.2, 0.25) is 0 Å². The summed E-state index contributed by atoms with van der Waals surface area (Å²) in [5.74, 6) is 0.0119. The molecule has 0 saturated carbocycles. The topological polar surface area (TPSA) is 72.6 Å². The molecule has 7 heteroatoms. The Morgan fingerprint density at radius 2 is 2.19 bits per heavy atom. The molecule has 4 rings (SSSR count). The van der Waals surface area contributed by atoms with E-state index in [1.165, 1.54) is 11.0 Å². The first-order chi connectivity index (χ1) is 13.1. The SMILES string of the molecule is Cc1occc1C(=O)OCC(=O)N1CCC[C@@H](c2nc3ccccc3s2)C1. The zero-order valence-corrected chi connectivity index (χ0v) is 15.8. The van der Waals surface area contributed by atoms with Crippen LogP contribution in [0.3, 0.4) is 0 Å². The number of esters is 1. The minimum Gasteiger partial charge on any atom is -0.469 e. The number of aryl methyl sites for hydroxylation is 1. The number of carbonyl (C=O) groups is 2. The van der Waals surface area contributed by atoms with Gasteiger partial charge in [-0.05, 0) is 38.0 Å². The Bertz CT molecular complexity index is 944. The van der Waals surface area contributed by atoms with Gasteiger partial charge in [0.15, 0.2) is 6.61 Å². The summed E-state index contributed by atoms with van der Waals surface area (Å²) >= 11 is 1.69. The molecule has 1 aromatic carbocycles. The van der Waals surface area contributed by atoms with Gasteiger partial charge in [-0.15, -0.1) is 11.3 Å². The molecule has 1 saturated heterocycles. The van der Waals surface area contributed by atoms with Gasteiger partial charge in [0.1, 0.15) is 11.3 Å². The molecule has 140 valence electrons. The van der Waals surface area contributed by atoms with Gasteiger partial charge in [0.2, 0.25) is 0 Å². The third-order valence-corrected chi connectivity index (χ3v) is 6.04. The number of fused-ring (bicyclic) bond motifs is 1. The van der Waals surface area contributed by atoms with E-state index in [2.05, 4.69) is 6.07 Å². The molecule has 0 radical (unpaired) electrons. The maximum Gasteiger partial charge on any atom is 0.342 e. The average molecular weight is 384 g/mol. The summed E-state index contributed by atoms with van der Waals surface area (Å²) in [5.41, 5.74) is 1.36. The van der Waals surface area contributed by atoms with Crippen LogP contribution in [0.15, 0.2) is 41.0 Å². The van der Waals surface area contributed by atoms with Crippen LogP contribution in [0.4, 0.5) is 0 Å². The minimum atomic E-state index is -0.533. The highest BCUT2D eigenvalue weighted by Gasteiger charge is 2.27.